The van der Waals surface area contributed by atoms with Crippen LogP contribution in [0.15, 0.2) is 48.5 Å². The van der Waals surface area contributed by atoms with E-state index in [1.165, 1.54) is 18.2 Å². The number of amides is 2. The molecule has 4 nitrogen and oxygen atoms in total. The Labute approximate surface area is 137 Å². The largest absolute Gasteiger partial charge is 0.347 e. The molecule has 2 aromatic carbocycles. The average molecular weight is 333 g/mol. The number of hydrogen-bond acceptors (Lipinski definition) is 2. The lowest BCUT2D eigenvalue weighted by Gasteiger charge is -2.17. The van der Waals surface area contributed by atoms with Crippen molar-refractivity contribution in [3.05, 3.63) is 64.9 Å². The Morgan fingerprint density at radius 1 is 1.17 bits per heavy atom. The first-order valence-electron chi connectivity index (χ1n) is 7.16. The van der Waals surface area contributed by atoms with Crippen LogP contribution in [-0.4, -0.2) is 24.4 Å². The van der Waals surface area contributed by atoms with Crippen molar-refractivity contribution in [3.63, 3.8) is 0 Å². The highest BCUT2D eigenvalue weighted by Gasteiger charge is 2.32. The molecule has 2 aromatic rings. The highest BCUT2D eigenvalue weighted by Crippen LogP contribution is 2.23. The van der Waals surface area contributed by atoms with Gasteiger partial charge in [0.2, 0.25) is 5.91 Å². The molecule has 0 unspecified atom stereocenters. The molecule has 1 saturated heterocycles. The molecule has 1 aliphatic heterocycles. The van der Waals surface area contributed by atoms with Gasteiger partial charge in [-0.05, 0) is 36.4 Å². The maximum Gasteiger partial charge on any atom is 0.254 e. The number of halogens is 2. The van der Waals surface area contributed by atoms with Gasteiger partial charge in [0.15, 0.2) is 0 Å². The fraction of sp³-hybridized carbons (Fsp3) is 0.176. The molecule has 0 bridgehead atoms. The number of nitrogens with zero attached hydrogens (tertiary/aromatic N) is 1. The molecule has 1 fully saturated rings. The van der Waals surface area contributed by atoms with Crippen molar-refractivity contribution in [2.45, 2.75) is 12.5 Å². The normalized spacial score (nSPS) is 17.4. The number of carbonyl (C=O) groups excluding carboxylic acids is 2. The lowest BCUT2D eigenvalue weighted by atomic mass is 10.1. The van der Waals surface area contributed by atoms with E-state index in [4.69, 9.17) is 11.6 Å². The van der Waals surface area contributed by atoms with Crippen molar-refractivity contribution in [3.8, 4) is 0 Å². The zero-order chi connectivity index (χ0) is 16.4. The second-order valence-corrected chi connectivity index (χ2v) is 5.77. The Balaban J connectivity index is 1.69. The van der Waals surface area contributed by atoms with E-state index in [2.05, 4.69) is 5.32 Å². The summed E-state index contributed by atoms with van der Waals surface area (Å²) in [5.41, 5.74) is 0.701. The van der Waals surface area contributed by atoms with Gasteiger partial charge >= 0.3 is 0 Å². The predicted octanol–water partition coefficient (Wildman–Crippen LogP) is 3.01. The van der Waals surface area contributed by atoms with Crippen LogP contribution in [0.3, 0.4) is 0 Å². The van der Waals surface area contributed by atoms with Crippen LogP contribution in [0.2, 0.25) is 5.02 Å². The van der Waals surface area contributed by atoms with E-state index in [0.717, 1.165) is 5.69 Å². The first-order chi connectivity index (χ1) is 11.0. The molecule has 1 aliphatic rings. The van der Waals surface area contributed by atoms with Crippen LogP contribution in [0.1, 0.15) is 16.8 Å². The summed E-state index contributed by atoms with van der Waals surface area (Å²) in [6.07, 6.45) is 0.183. The molecular weight excluding hydrogens is 319 g/mol. The molecule has 3 rings (SSSR count). The van der Waals surface area contributed by atoms with Crippen LogP contribution in [0.4, 0.5) is 10.1 Å². The molecule has 0 aromatic heterocycles. The maximum absolute atomic E-state index is 13.6. The Kier molecular flexibility index (Phi) is 4.30. The molecule has 1 atom stereocenters. The molecule has 118 valence electrons. The van der Waals surface area contributed by atoms with E-state index < -0.39 is 11.7 Å². The monoisotopic (exact) mass is 332 g/mol. The zero-order valence-electron chi connectivity index (χ0n) is 12.1. The van der Waals surface area contributed by atoms with E-state index in [0.29, 0.717) is 11.6 Å². The third-order valence-corrected chi connectivity index (χ3v) is 3.97. The molecule has 1 N–H and O–H groups in total. The first kappa shape index (κ1) is 15.5. The van der Waals surface area contributed by atoms with E-state index >= 15 is 0 Å². The molecule has 0 aliphatic carbocycles. The Hall–Kier alpha value is -2.40. The SMILES string of the molecule is O=C(N[C@@H]1CC(=O)N(c2ccc(Cl)cc2)C1)c1ccccc1F. The standard InChI is InChI=1S/C17H14ClFN2O2/c18-11-5-7-13(8-6-11)21-10-12(9-16(21)22)20-17(23)14-3-1-2-4-15(14)19/h1-8,12H,9-10H2,(H,20,23)/t12-/m1/s1. The van der Waals surface area contributed by atoms with Crippen LogP contribution in [0.5, 0.6) is 0 Å². The first-order valence-corrected chi connectivity index (χ1v) is 7.54. The minimum absolute atomic E-state index is 0.0232. The van der Waals surface area contributed by atoms with Crippen molar-refractivity contribution >= 4 is 29.1 Å². The molecule has 23 heavy (non-hydrogen) atoms. The van der Waals surface area contributed by atoms with Gasteiger partial charge in [0.05, 0.1) is 11.6 Å². The number of benzene rings is 2. The van der Waals surface area contributed by atoms with Gasteiger partial charge in [-0.15, -0.1) is 0 Å². The third kappa shape index (κ3) is 3.35. The topological polar surface area (TPSA) is 49.4 Å². The summed E-state index contributed by atoms with van der Waals surface area (Å²) in [4.78, 5) is 25.8. The van der Waals surface area contributed by atoms with Crippen molar-refractivity contribution in [2.75, 3.05) is 11.4 Å². The van der Waals surface area contributed by atoms with E-state index in [1.807, 2.05) is 0 Å². The number of hydrogen-bond donors (Lipinski definition) is 1. The highest BCUT2D eigenvalue weighted by atomic mass is 35.5. The average Bonchev–Trinajstić information content (AvgIpc) is 2.89. The third-order valence-electron chi connectivity index (χ3n) is 3.72. The van der Waals surface area contributed by atoms with Crippen molar-refractivity contribution in [2.24, 2.45) is 0 Å². The Bertz CT molecular complexity index is 749. The zero-order valence-corrected chi connectivity index (χ0v) is 12.9. The van der Waals surface area contributed by atoms with Crippen LogP contribution in [-0.2, 0) is 4.79 Å². The second-order valence-electron chi connectivity index (χ2n) is 5.34. The summed E-state index contributed by atoms with van der Waals surface area (Å²) in [6.45, 7) is 0.348. The van der Waals surface area contributed by atoms with Gasteiger partial charge in [-0.3, -0.25) is 9.59 Å². The Morgan fingerprint density at radius 2 is 1.87 bits per heavy atom. The van der Waals surface area contributed by atoms with Crippen LogP contribution < -0.4 is 10.2 Å². The summed E-state index contributed by atoms with van der Waals surface area (Å²) in [5, 5.41) is 3.30. The summed E-state index contributed by atoms with van der Waals surface area (Å²) >= 11 is 5.84. The van der Waals surface area contributed by atoms with Crippen LogP contribution in [0, 0.1) is 5.82 Å². The number of nitrogens with one attached hydrogen (secondary N) is 1. The molecule has 0 radical (unpaired) electrons. The fourth-order valence-corrected chi connectivity index (χ4v) is 2.71. The minimum atomic E-state index is -0.580. The molecule has 0 saturated carbocycles. The Morgan fingerprint density at radius 3 is 2.57 bits per heavy atom. The fourth-order valence-electron chi connectivity index (χ4n) is 2.58. The smallest absolute Gasteiger partial charge is 0.254 e. The van der Waals surface area contributed by atoms with Gasteiger partial charge in [-0.1, -0.05) is 23.7 Å². The predicted molar refractivity (Wildman–Crippen MR) is 86.1 cm³/mol. The summed E-state index contributed by atoms with van der Waals surface area (Å²) in [7, 11) is 0. The molecule has 0 spiro atoms. The minimum Gasteiger partial charge on any atom is -0.347 e. The molecule has 6 heteroatoms. The lowest BCUT2D eigenvalue weighted by Crippen LogP contribution is -2.37. The van der Waals surface area contributed by atoms with Gasteiger partial charge in [-0.25, -0.2) is 4.39 Å². The number of carbonyl (C=O) groups is 2. The maximum atomic E-state index is 13.6. The van der Waals surface area contributed by atoms with Gasteiger partial charge in [0.25, 0.3) is 5.91 Å². The van der Waals surface area contributed by atoms with Gasteiger partial charge in [0, 0.05) is 23.7 Å². The van der Waals surface area contributed by atoms with Crippen LogP contribution >= 0.6 is 11.6 Å². The van der Waals surface area contributed by atoms with Gasteiger partial charge in [0.1, 0.15) is 5.82 Å². The number of rotatable bonds is 3. The summed E-state index contributed by atoms with van der Waals surface area (Å²) in [5.74, 6) is -1.19. The van der Waals surface area contributed by atoms with Gasteiger partial charge < -0.3 is 10.2 Å². The molecule has 1 heterocycles. The van der Waals surface area contributed by atoms with Crippen molar-refractivity contribution in [1.29, 1.82) is 0 Å². The molecular formula is C17H14ClFN2O2. The van der Waals surface area contributed by atoms with Crippen molar-refractivity contribution < 1.29 is 14.0 Å². The van der Waals surface area contributed by atoms with E-state index in [1.54, 1.807) is 35.2 Å². The highest BCUT2D eigenvalue weighted by molar-refractivity contribution is 6.30. The van der Waals surface area contributed by atoms with E-state index in [-0.39, 0.29) is 23.9 Å². The van der Waals surface area contributed by atoms with E-state index in [9.17, 15) is 14.0 Å². The second kappa shape index (κ2) is 6.38. The molecule has 2 amide bonds. The summed E-state index contributed by atoms with van der Waals surface area (Å²) in [6, 6.07) is 12.3. The number of anilines is 1. The van der Waals surface area contributed by atoms with Crippen molar-refractivity contribution in [1.82, 2.24) is 5.32 Å². The van der Waals surface area contributed by atoms with Gasteiger partial charge in [-0.2, -0.15) is 0 Å². The quantitative estimate of drug-likeness (QED) is 0.939. The van der Waals surface area contributed by atoms with Crippen LogP contribution in [0.25, 0.3) is 0 Å². The lowest BCUT2D eigenvalue weighted by molar-refractivity contribution is -0.117. The summed E-state index contributed by atoms with van der Waals surface area (Å²) < 4.78 is 13.6.